The number of rotatable bonds is 4. The smallest absolute Gasteiger partial charge is 0.341 e. The van der Waals surface area contributed by atoms with Gasteiger partial charge in [0.1, 0.15) is 12.2 Å². The Hall–Kier alpha value is -1.75. The maximum absolute atomic E-state index is 11.7. The van der Waals surface area contributed by atoms with Crippen LogP contribution in [0.1, 0.15) is 16.8 Å². The lowest BCUT2D eigenvalue weighted by molar-refractivity contribution is -0.129. The van der Waals surface area contributed by atoms with Crippen LogP contribution in [0.4, 0.5) is 5.69 Å². The molecule has 0 aromatic heterocycles. The summed E-state index contributed by atoms with van der Waals surface area (Å²) in [6, 6.07) is 4.76. The lowest BCUT2D eigenvalue weighted by atomic mass is 10.2. The lowest BCUT2D eigenvalue weighted by Gasteiger charge is -2.11. The first-order valence-corrected chi connectivity index (χ1v) is 5.72. The molecule has 1 aromatic rings. The predicted octanol–water partition coefficient (Wildman–Crippen LogP) is 1.56. The zero-order chi connectivity index (χ0) is 13.7. The van der Waals surface area contributed by atoms with Gasteiger partial charge in [-0.1, -0.05) is 17.7 Å². The largest absolute Gasteiger partial charge is 0.461 e. The number of nitrogens with zero attached hydrogens (tertiary/aromatic N) is 1. The second kappa shape index (κ2) is 6.26. The second-order valence-electron chi connectivity index (χ2n) is 3.88. The van der Waals surface area contributed by atoms with E-state index in [4.69, 9.17) is 22.1 Å². The van der Waals surface area contributed by atoms with Crippen molar-refractivity contribution in [2.24, 2.45) is 0 Å². The molecule has 0 aliphatic carbocycles. The number of amides is 1. The summed E-state index contributed by atoms with van der Waals surface area (Å²) in [7, 11) is 3.27. The number of carbonyl (C=O) groups excluding carboxylic acids is 2. The third-order valence-corrected chi connectivity index (χ3v) is 2.61. The van der Waals surface area contributed by atoms with Gasteiger partial charge in [-0.3, -0.25) is 4.79 Å². The summed E-state index contributed by atoms with van der Waals surface area (Å²) < 4.78 is 4.96. The SMILES string of the molecule is CN(C)C(=O)CCOC(=O)c1c(N)cccc1Cl. The normalized spacial score (nSPS) is 9.94. The van der Waals surface area contributed by atoms with Gasteiger partial charge in [0, 0.05) is 19.8 Å². The van der Waals surface area contributed by atoms with Crippen LogP contribution in [-0.2, 0) is 9.53 Å². The number of anilines is 1. The van der Waals surface area contributed by atoms with Crippen molar-refractivity contribution in [3.8, 4) is 0 Å². The first kappa shape index (κ1) is 14.3. The topological polar surface area (TPSA) is 72.6 Å². The van der Waals surface area contributed by atoms with Crippen LogP contribution in [0.3, 0.4) is 0 Å². The summed E-state index contributed by atoms with van der Waals surface area (Å²) in [6.45, 7) is 0.000506. The molecule has 1 amide bonds. The van der Waals surface area contributed by atoms with Crippen LogP contribution in [0, 0.1) is 0 Å². The van der Waals surface area contributed by atoms with Crippen LogP contribution in [0.2, 0.25) is 5.02 Å². The fourth-order valence-corrected chi connectivity index (χ4v) is 1.54. The minimum atomic E-state index is -0.621. The number of esters is 1. The number of hydrogen-bond donors (Lipinski definition) is 1. The van der Waals surface area contributed by atoms with Crippen LogP contribution in [0.15, 0.2) is 18.2 Å². The second-order valence-corrected chi connectivity index (χ2v) is 4.29. The minimum Gasteiger partial charge on any atom is -0.461 e. The Labute approximate surface area is 110 Å². The van der Waals surface area contributed by atoms with E-state index in [-0.39, 0.29) is 35.2 Å². The van der Waals surface area contributed by atoms with Crippen LogP contribution in [0.25, 0.3) is 0 Å². The molecular weight excluding hydrogens is 256 g/mol. The molecule has 0 fully saturated rings. The standard InChI is InChI=1S/C12H15ClN2O3/c1-15(2)10(16)6-7-18-12(17)11-8(13)4-3-5-9(11)14/h3-5H,6-7,14H2,1-2H3. The highest BCUT2D eigenvalue weighted by Crippen LogP contribution is 2.22. The molecule has 0 atom stereocenters. The van der Waals surface area contributed by atoms with Crippen LogP contribution < -0.4 is 5.73 Å². The van der Waals surface area contributed by atoms with E-state index >= 15 is 0 Å². The van der Waals surface area contributed by atoms with Crippen molar-refractivity contribution in [2.45, 2.75) is 6.42 Å². The van der Waals surface area contributed by atoms with E-state index in [0.29, 0.717) is 0 Å². The monoisotopic (exact) mass is 270 g/mol. The molecule has 2 N–H and O–H groups in total. The zero-order valence-corrected chi connectivity index (χ0v) is 11.0. The van der Waals surface area contributed by atoms with E-state index < -0.39 is 5.97 Å². The van der Waals surface area contributed by atoms with Gasteiger partial charge < -0.3 is 15.4 Å². The highest BCUT2D eigenvalue weighted by molar-refractivity contribution is 6.34. The Morgan fingerprint density at radius 2 is 2.06 bits per heavy atom. The summed E-state index contributed by atoms with van der Waals surface area (Å²) in [5, 5.41) is 0.235. The summed E-state index contributed by atoms with van der Waals surface area (Å²) >= 11 is 5.86. The van der Waals surface area contributed by atoms with Crippen molar-refractivity contribution in [3.05, 3.63) is 28.8 Å². The highest BCUT2D eigenvalue weighted by atomic mass is 35.5. The molecule has 0 aliphatic heterocycles. The van der Waals surface area contributed by atoms with Crippen molar-refractivity contribution in [2.75, 3.05) is 26.4 Å². The third-order valence-electron chi connectivity index (χ3n) is 2.30. The van der Waals surface area contributed by atoms with Crippen LogP contribution in [-0.4, -0.2) is 37.5 Å². The number of hydrogen-bond acceptors (Lipinski definition) is 4. The molecule has 0 aliphatic rings. The molecule has 6 heteroatoms. The highest BCUT2D eigenvalue weighted by Gasteiger charge is 2.15. The minimum absolute atomic E-state index is 0.000506. The molecule has 1 rings (SSSR count). The molecule has 0 spiro atoms. The summed E-state index contributed by atoms with van der Waals surface area (Å²) in [4.78, 5) is 24.4. The first-order chi connectivity index (χ1) is 8.43. The maximum Gasteiger partial charge on any atom is 0.341 e. The molecular formula is C12H15ClN2O3. The van der Waals surface area contributed by atoms with E-state index in [2.05, 4.69) is 0 Å². The number of nitrogen functional groups attached to an aromatic ring is 1. The molecule has 18 heavy (non-hydrogen) atoms. The van der Waals surface area contributed by atoms with Gasteiger partial charge in [-0.25, -0.2) is 4.79 Å². The predicted molar refractivity (Wildman–Crippen MR) is 69.5 cm³/mol. The number of halogens is 1. The van der Waals surface area contributed by atoms with Crippen LogP contribution in [0.5, 0.6) is 0 Å². The van der Waals surface area contributed by atoms with E-state index in [1.165, 1.54) is 4.90 Å². The average Bonchev–Trinajstić information content (AvgIpc) is 2.28. The van der Waals surface area contributed by atoms with Gasteiger partial charge in [-0.2, -0.15) is 0 Å². The number of nitrogens with two attached hydrogens (primary N) is 1. The fourth-order valence-electron chi connectivity index (χ4n) is 1.28. The molecule has 0 heterocycles. The van der Waals surface area contributed by atoms with Crippen molar-refractivity contribution in [1.29, 1.82) is 0 Å². The number of ether oxygens (including phenoxy) is 1. The Morgan fingerprint density at radius 1 is 1.39 bits per heavy atom. The van der Waals surface area contributed by atoms with Gasteiger partial charge in [0.05, 0.1) is 11.4 Å². The average molecular weight is 271 g/mol. The quantitative estimate of drug-likeness (QED) is 0.666. The van der Waals surface area contributed by atoms with Crippen molar-refractivity contribution >= 4 is 29.2 Å². The van der Waals surface area contributed by atoms with Gasteiger partial charge in [0.15, 0.2) is 0 Å². The van der Waals surface area contributed by atoms with Crippen LogP contribution >= 0.6 is 11.6 Å². The van der Waals surface area contributed by atoms with Gasteiger partial charge in [0.2, 0.25) is 5.91 Å². The van der Waals surface area contributed by atoms with E-state index in [0.717, 1.165) is 0 Å². The molecule has 1 aromatic carbocycles. The molecule has 0 saturated carbocycles. The maximum atomic E-state index is 11.7. The Morgan fingerprint density at radius 3 is 2.61 bits per heavy atom. The summed E-state index contributed by atoms with van der Waals surface area (Å²) in [5.41, 5.74) is 6.03. The Bertz CT molecular complexity index is 440. The van der Waals surface area contributed by atoms with Gasteiger partial charge >= 0.3 is 5.97 Å². The summed E-state index contributed by atoms with van der Waals surface area (Å²) in [6.07, 6.45) is 0.128. The van der Waals surface area contributed by atoms with Crippen molar-refractivity contribution in [3.63, 3.8) is 0 Å². The molecule has 0 radical (unpaired) electrons. The number of benzene rings is 1. The molecule has 0 saturated heterocycles. The molecule has 0 bridgehead atoms. The van der Waals surface area contributed by atoms with Gasteiger partial charge in [-0.05, 0) is 12.1 Å². The fraction of sp³-hybridized carbons (Fsp3) is 0.333. The van der Waals surface area contributed by atoms with Crippen molar-refractivity contribution in [1.82, 2.24) is 4.90 Å². The first-order valence-electron chi connectivity index (χ1n) is 5.34. The summed E-state index contributed by atoms with van der Waals surface area (Å²) in [5.74, 6) is -0.736. The molecule has 5 nitrogen and oxygen atoms in total. The Balaban J connectivity index is 2.59. The van der Waals surface area contributed by atoms with E-state index in [9.17, 15) is 9.59 Å². The Kier molecular flexibility index (Phi) is 4.97. The van der Waals surface area contributed by atoms with Gasteiger partial charge in [0.25, 0.3) is 0 Å². The number of carbonyl (C=O) groups is 2. The lowest BCUT2D eigenvalue weighted by Crippen LogP contribution is -2.23. The van der Waals surface area contributed by atoms with Gasteiger partial charge in [-0.15, -0.1) is 0 Å². The zero-order valence-electron chi connectivity index (χ0n) is 10.3. The third kappa shape index (κ3) is 3.63. The molecule has 98 valence electrons. The van der Waals surface area contributed by atoms with E-state index in [1.54, 1.807) is 32.3 Å². The van der Waals surface area contributed by atoms with E-state index in [1.807, 2.05) is 0 Å². The van der Waals surface area contributed by atoms with Crippen molar-refractivity contribution < 1.29 is 14.3 Å². The molecule has 0 unspecified atom stereocenters.